The first kappa shape index (κ1) is 19.7. The van der Waals surface area contributed by atoms with Crippen LogP contribution >= 0.6 is 15.9 Å². The Morgan fingerprint density at radius 1 is 1.10 bits per heavy atom. The second-order valence-electron chi connectivity index (χ2n) is 7.13. The SMILES string of the molecule is Cc1cc(C)cc(-c2nn(-c3cc(Br)ccc3C(F)(F)F)c(=O)c3c2CCN3)c1. The zero-order valence-corrected chi connectivity index (χ0v) is 17.3. The number of nitrogens with one attached hydrogen (secondary N) is 1. The molecular formula is C21H17BrF3N3O. The van der Waals surface area contributed by atoms with Crippen molar-refractivity contribution in [3.8, 4) is 16.9 Å². The summed E-state index contributed by atoms with van der Waals surface area (Å²) in [6.07, 6.45) is -4.03. The van der Waals surface area contributed by atoms with Gasteiger partial charge in [-0.15, -0.1) is 0 Å². The van der Waals surface area contributed by atoms with Crippen LogP contribution in [0.25, 0.3) is 16.9 Å². The summed E-state index contributed by atoms with van der Waals surface area (Å²) in [4.78, 5) is 13.0. The molecular weight excluding hydrogens is 447 g/mol. The van der Waals surface area contributed by atoms with Crippen LogP contribution in [0.4, 0.5) is 18.9 Å². The predicted octanol–water partition coefficient (Wildman–Crippen LogP) is 5.27. The van der Waals surface area contributed by atoms with Gasteiger partial charge in [-0.2, -0.15) is 23.0 Å². The van der Waals surface area contributed by atoms with Crippen LogP contribution in [-0.2, 0) is 12.6 Å². The molecule has 0 fully saturated rings. The third-order valence-electron chi connectivity index (χ3n) is 4.86. The van der Waals surface area contributed by atoms with E-state index in [1.807, 2.05) is 32.0 Å². The zero-order chi connectivity index (χ0) is 20.9. The fourth-order valence-corrected chi connectivity index (χ4v) is 4.07. The lowest BCUT2D eigenvalue weighted by atomic mass is 10.0. The minimum Gasteiger partial charge on any atom is -0.380 e. The van der Waals surface area contributed by atoms with Gasteiger partial charge in [0.05, 0.1) is 16.9 Å². The number of rotatable bonds is 2. The number of nitrogens with zero attached hydrogens (tertiary/aromatic N) is 2. The molecule has 0 atom stereocenters. The number of hydrogen-bond acceptors (Lipinski definition) is 3. The molecule has 0 bridgehead atoms. The molecule has 1 aliphatic rings. The van der Waals surface area contributed by atoms with E-state index in [4.69, 9.17) is 0 Å². The Balaban J connectivity index is 2.05. The third-order valence-corrected chi connectivity index (χ3v) is 5.35. The normalized spacial score (nSPS) is 13.3. The largest absolute Gasteiger partial charge is 0.418 e. The lowest BCUT2D eigenvalue weighted by molar-refractivity contribution is -0.137. The number of halogens is 4. The van der Waals surface area contributed by atoms with E-state index in [-0.39, 0.29) is 5.69 Å². The fraction of sp³-hybridized carbons (Fsp3) is 0.238. The summed E-state index contributed by atoms with van der Waals surface area (Å²) in [5, 5.41) is 7.45. The van der Waals surface area contributed by atoms with Crippen molar-refractivity contribution in [3.63, 3.8) is 0 Å². The number of hydrogen-bond donors (Lipinski definition) is 1. The van der Waals surface area contributed by atoms with E-state index in [0.717, 1.165) is 33.0 Å². The van der Waals surface area contributed by atoms with Gasteiger partial charge in [0.15, 0.2) is 0 Å². The molecule has 0 radical (unpaired) electrons. The standard InChI is InChI=1S/C21H17BrF3N3O/c1-11-7-12(2)9-13(8-11)18-15-5-6-26-19(15)20(29)28(27-18)17-10-14(22)3-4-16(17)21(23,24)25/h3-4,7-10,26H,5-6H2,1-2H3. The highest BCUT2D eigenvalue weighted by Gasteiger charge is 2.35. The first-order valence-electron chi connectivity index (χ1n) is 9.01. The lowest BCUT2D eigenvalue weighted by Crippen LogP contribution is -2.27. The highest BCUT2D eigenvalue weighted by molar-refractivity contribution is 9.10. The number of alkyl halides is 3. The molecule has 1 aliphatic heterocycles. The van der Waals surface area contributed by atoms with Crippen molar-refractivity contribution in [2.75, 3.05) is 11.9 Å². The quantitative estimate of drug-likeness (QED) is 0.563. The van der Waals surface area contributed by atoms with Crippen molar-refractivity contribution < 1.29 is 13.2 Å². The number of aryl methyl sites for hydroxylation is 2. The molecule has 1 N–H and O–H groups in total. The van der Waals surface area contributed by atoms with Crippen molar-refractivity contribution in [2.24, 2.45) is 0 Å². The average molecular weight is 464 g/mol. The van der Waals surface area contributed by atoms with Gasteiger partial charge >= 0.3 is 6.18 Å². The van der Waals surface area contributed by atoms with E-state index >= 15 is 0 Å². The molecule has 0 saturated heterocycles. The summed E-state index contributed by atoms with van der Waals surface area (Å²) in [6.45, 7) is 4.43. The van der Waals surface area contributed by atoms with Gasteiger partial charge in [0.1, 0.15) is 5.69 Å². The maximum Gasteiger partial charge on any atom is 0.418 e. The first-order chi connectivity index (χ1) is 13.6. The zero-order valence-electron chi connectivity index (χ0n) is 15.7. The molecule has 2 aromatic carbocycles. The maximum absolute atomic E-state index is 13.6. The molecule has 4 rings (SSSR count). The van der Waals surface area contributed by atoms with Gasteiger partial charge in [0.25, 0.3) is 5.56 Å². The third kappa shape index (κ3) is 3.57. The number of benzene rings is 2. The molecule has 150 valence electrons. The molecule has 4 nitrogen and oxygen atoms in total. The predicted molar refractivity (Wildman–Crippen MR) is 110 cm³/mol. The summed E-state index contributed by atoms with van der Waals surface area (Å²) in [5.74, 6) is 0. The van der Waals surface area contributed by atoms with E-state index in [9.17, 15) is 18.0 Å². The van der Waals surface area contributed by atoms with Crippen LogP contribution in [0.1, 0.15) is 22.3 Å². The molecule has 0 aliphatic carbocycles. The van der Waals surface area contributed by atoms with Gasteiger partial charge in [0.2, 0.25) is 0 Å². The minimum atomic E-state index is -4.62. The summed E-state index contributed by atoms with van der Waals surface area (Å²) < 4.78 is 42.2. The van der Waals surface area contributed by atoms with Crippen LogP contribution in [0.3, 0.4) is 0 Å². The number of fused-ring (bicyclic) bond motifs is 1. The fourth-order valence-electron chi connectivity index (χ4n) is 3.72. The molecule has 0 saturated carbocycles. The molecule has 3 aromatic rings. The van der Waals surface area contributed by atoms with Crippen LogP contribution in [-0.4, -0.2) is 16.3 Å². The molecule has 0 amide bonds. The van der Waals surface area contributed by atoms with Gasteiger partial charge in [-0.05, 0) is 50.6 Å². The Bertz CT molecular complexity index is 1160. The molecule has 1 aromatic heterocycles. The van der Waals surface area contributed by atoms with Gasteiger partial charge in [-0.3, -0.25) is 4.79 Å². The summed E-state index contributed by atoms with van der Waals surface area (Å²) in [5.41, 5.74) is 2.55. The monoisotopic (exact) mass is 463 g/mol. The van der Waals surface area contributed by atoms with Crippen LogP contribution in [0.15, 0.2) is 45.7 Å². The highest BCUT2D eigenvalue weighted by Crippen LogP contribution is 2.36. The summed E-state index contributed by atoms with van der Waals surface area (Å²) >= 11 is 3.20. The van der Waals surface area contributed by atoms with Crippen LogP contribution < -0.4 is 10.9 Å². The molecule has 29 heavy (non-hydrogen) atoms. The van der Waals surface area contributed by atoms with E-state index in [1.54, 1.807) is 0 Å². The lowest BCUT2D eigenvalue weighted by Gasteiger charge is -2.17. The average Bonchev–Trinajstić information content (AvgIpc) is 3.10. The van der Waals surface area contributed by atoms with Crippen molar-refractivity contribution >= 4 is 21.6 Å². The van der Waals surface area contributed by atoms with Crippen LogP contribution in [0.5, 0.6) is 0 Å². The van der Waals surface area contributed by atoms with Crippen molar-refractivity contribution in [3.05, 3.63) is 73.5 Å². The van der Waals surface area contributed by atoms with Gasteiger partial charge in [-0.1, -0.05) is 33.1 Å². The summed E-state index contributed by atoms with van der Waals surface area (Å²) in [6, 6.07) is 9.37. The van der Waals surface area contributed by atoms with Crippen molar-refractivity contribution in [1.29, 1.82) is 0 Å². The van der Waals surface area contributed by atoms with Crippen LogP contribution in [0.2, 0.25) is 0 Å². The molecule has 0 spiro atoms. The van der Waals surface area contributed by atoms with Gasteiger partial charge in [0, 0.05) is 22.1 Å². The topological polar surface area (TPSA) is 46.9 Å². The van der Waals surface area contributed by atoms with Crippen molar-refractivity contribution in [1.82, 2.24) is 9.78 Å². The van der Waals surface area contributed by atoms with Crippen molar-refractivity contribution in [2.45, 2.75) is 26.4 Å². The van der Waals surface area contributed by atoms with Gasteiger partial charge < -0.3 is 5.32 Å². The van der Waals surface area contributed by atoms with Gasteiger partial charge in [-0.25, -0.2) is 0 Å². The Morgan fingerprint density at radius 3 is 2.45 bits per heavy atom. The smallest absolute Gasteiger partial charge is 0.380 e. The first-order valence-corrected chi connectivity index (χ1v) is 9.80. The second kappa shape index (κ2) is 7.02. The van der Waals surface area contributed by atoms with E-state index < -0.39 is 17.3 Å². The Labute approximate surface area is 173 Å². The van der Waals surface area contributed by atoms with Crippen LogP contribution in [0, 0.1) is 13.8 Å². The second-order valence-corrected chi connectivity index (χ2v) is 8.05. The maximum atomic E-state index is 13.6. The Kier molecular flexibility index (Phi) is 4.77. The highest BCUT2D eigenvalue weighted by atomic mass is 79.9. The number of aromatic nitrogens is 2. The van der Waals surface area contributed by atoms with E-state index in [2.05, 4.69) is 26.3 Å². The van der Waals surface area contributed by atoms with E-state index in [1.165, 1.54) is 12.1 Å². The number of anilines is 1. The molecule has 8 heteroatoms. The van der Waals surface area contributed by atoms with E-state index in [0.29, 0.717) is 28.8 Å². The minimum absolute atomic E-state index is 0.306. The Hall–Kier alpha value is -2.61. The summed E-state index contributed by atoms with van der Waals surface area (Å²) in [7, 11) is 0. The molecule has 0 unspecified atom stereocenters. The Morgan fingerprint density at radius 2 is 1.79 bits per heavy atom. The molecule has 2 heterocycles.